The van der Waals surface area contributed by atoms with Crippen molar-refractivity contribution in [3.63, 3.8) is 0 Å². The van der Waals surface area contributed by atoms with Crippen LogP contribution >= 0.6 is 0 Å². The number of benzene rings is 1. The third-order valence-electron chi connectivity index (χ3n) is 2.67. The number of nitrogens with one attached hydrogen (secondary N) is 1. The lowest BCUT2D eigenvalue weighted by molar-refractivity contribution is -0.146. The second-order valence-electron chi connectivity index (χ2n) is 4.45. The summed E-state index contributed by atoms with van der Waals surface area (Å²) in [5.41, 5.74) is 2.13. The number of esters is 1. The monoisotopic (exact) mass is 250 g/mol. The first kappa shape index (κ1) is 14.4. The van der Waals surface area contributed by atoms with Crippen LogP contribution in [-0.4, -0.2) is 33.2 Å². The summed E-state index contributed by atoms with van der Waals surface area (Å²) in [6, 6.07) is 8.02. The predicted molar refractivity (Wildman–Crippen MR) is 75.1 cm³/mol. The van der Waals surface area contributed by atoms with Crippen molar-refractivity contribution in [3.8, 4) is 0 Å². The van der Waals surface area contributed by atoms with Crippen molar-refractivity contribution in [3.05, 3.63) is 24.3 Å². The Morgan fingerprint density at radius 3 is 2.67 bits per heavy atom. The number of ether oxygens (including phenoxy) is 1. The molecular formula is C14H22N2O2. The van der Waals surface area contributed by atoms with E-state index in [4.69, 9.17) is 4.74 Å². The molecule has 0 aliphatic rings. The van der Waals surface area contributed by atoms with Crippen molar-refractivity contribution in [2.75, 3.05) is 37.5 Å². The SMILES string of the molecule is CCOC(=O)C(C)CNc1ccccc1N(C)C. The third-order valence-corrected chi connectivity index (χ3v) is 2.67. The van der Waals surface area contributed by atoms with Gasteiger partial charge in [-0.05, 0) is 19.1 Å². The first-order chi connectivity index (χ1) is 8.56. The fourth-order valence-corrected chi connectivity index (χ4v) is 1.64. The molecule has 0 spiro atoms. The maximum atomic E-state index is 11.5. The van der Waals surface area contributed by atoms with Gasteiger partial charge in [-0.2, -0.15) is 0 Å². The standard InChI is InChI=1S/C14H22N2O2/c1-5-18-14(17)11(2)10-15-12-8-6-7-9-13(12)16(3)4/h6-9,11,15H,5,10H2,1-4H3. The largest absolute Gasteiger partial charge is 0.466 e. The number of hydrogen-bond donors (Lipinski definition) is 1. The van der Waals surface area contributed by atoms with Gasteiger partial charge in [-0.1, -0.05) is 19.1 Å². The van der Waals surface area contributed by atoms with E-state index in [0.29, 0.717) is 13.2 Å². The molecule has 4 heteroatoms. The molecule has 4 nitrogen and oxygen atoms in total. The van der Waals surface area contributed by atoms with Crippen LogP contribution in [-0.2, 0) is 9.53 Å². The predicted octanol–water partition coefficient (Wildman–Crippen LogP) is 2.36. The Balaban J connectivity index is 2.61. The van der Waals surface area contributed by atoms with Gasteiger partial charge in [-0.3, -0.25) is 4.79 Å². The molecule has 0 bridgehead atoms. The molecular weight excluding hydrogens is 228 g/mol. The summed E-state index contributed by atoms with van der Waals surface area (Å²) in [4.78, 5) is 13.5. The normalized spacial score (nSPS) is 11.8. The molecule has 0 fully saturated rings. The van der Waals surface area contributed by atoms with Crippen molar-refractivity contribution in [1.29, 1.82) is 0 Å². The van der Waals surface area contributed by atoms with Crippen molar-refractivity contribution in [1.82, 2.24) is 0 Å². The summed E-state index contributed by atoms with van der Waals surface area (Å²) in [7, 11) is 3.99. The van der Waals surface area contributed by atoms with E-state index in [1.165, 1.54) is 0 Å². The molecule has 0 saturated heterocycles. The van der Waals surface area contributed by atoms with Gasteiger partial charge in [0.1, 0.15) is 0 Å². The topological polar surface area (TPSA) is 41.6 Å². The second kappa shape index (κ2) is 6.89. The van der Waals surface area contributed by atoms with E-state index in [1.807, 2.05) is 57.1 Å². The van der Waals surface area contributed by atoms with E-state index < -0.39 is 0 Å². The fourth-order valence-electron chi connectivity index (χ4n) is 1.64. The van der Waals surface area contributed by atoms with Crippen molar-refractivity contribution >= 4 is 17.3 Å². The van der Waals surface area contributed by atoms with Crippen molar-refractivity contribution in [2.24, 2.45) is 5.92 Å². The molecule has 0 amide bonds. The van der Waals surface area contributed by atoms with Crippen molar-refractivity contribution < 1.29 is 9.53 Å². The number of carbonyl (C=O) groups excluding carboxylic acids is 1. The van der Waals surface area contributed by atoms with Crippen LogP contribution in [0.3, 0.4) is 0 Å². The molecule has 0 saturated carbocycles. The van der Waals surface area contributed by atoms with Gasteiger partial charge in [-0.15, -0.1) is 0 Å². The Hall–Kier alpha value is -1.71. The zero-order valence-corrected chi connectivity index (χ0v) is 11.6. The van der Waals surface area contributed by atoms with Gasteiger partial charge in [-0.25, -0.2) is 0 Å². The highest BCUT2D eigenvalue weighted by molar-refractivity contribution is 5.74. The summed E-state index contributed by atoms with van der Waals surface area (Å²) in [5.74, 6) is -0.312. The van der Waals surface area contributed by atoms with Crippen molar-refractivity contribution in [2.45, 2.75) is 13.8 Å². The molecule has 0 aromatic heterocycles. The highest BCUT2D eigenvalue weighted by atomic mass is 16.5. The van der Waals surface area contributed by atoms with Gasteiger partial charge in [0.2, 0.25) is 0 Å². The molecule has 1 aromatic carbocycles. The van der Waals surface area contributed by atoms with Gasteiger partial charge in [0.05, 0.1) is 23.9 Å². The summed E-state index contributed by atoms with van der Waals surface area (Å²) in [5, 5.41) is 3.29. The minimum Gasteiger partial charge on any atom is -0.466 e. The molecule has 1 N–H and O–H groups in total. The number of nitrogens with zero attached hydrogens (tertiary/aromatic N) is 1. The van der Waals surface area contributed by atoms with Gasteiger partial charge in [0.25, 0.3) is 0 Å². The first-order valence-electron chi connectivity index (χ1n) is 6.23. The van der Waals surface area contributed by atoms with Gasteiger partial charge >= 0.3 is 5.97 Å². The Kier molecular flexibility index (Phi) is 5.49. The number of anilines is 2. The quantitative estimate of drug-likeness (QED) is 0.787. The molecule has 1 atom stereocenters. The van der Waals surface area contributed by atoms with Crippen LogP contribution in [0.4, 0.5) is 11.4 Å². The zero-order chi connectivity index (χ0) is 13.5. The van der Waals surface area contributed by atoms with Gasteiger partial charge in [0, 0.05) is 20.6 Å². The van der Waals surface area contributed by atoms with E-state index in [9.17, 15) is 4.79 Å². The molecule has 0 aliphatic carbocycles. The first-order valence-corrected chi connectivity index (χ1v) is 6.23. The Morgan fingerprint density at radius 2 is 2.06 bits per heavy atom. The third kappa shape index (κ3) is 3.95. The lowest BCUT2D eigenvalue weighted by atomic mass is 10.1. The van der Waals surface area contributed by atoms with Gasteiger partial charge < -0.3 is 15.0 Å². The molecule has 18 heavy (non-hydrogen) atoms. The molecule has 1 rings (SSSR count). The summed E-state index contributed by atoms with van der Waals surface area (Å²) in [6.07, 6.45) is 0. The highest BCUT2D eigenvalue weighted by Gasteiger charge is 2.14. The highest BCUT2D eigenvalue weighted by Crippen LogP contribution is 2.23. The average Bonchev–Trinajstić information content (AvgIpc) is 2.36. The van der Waals surface area contributed by atoms with E-state index >= 15 is 0 Å². The van der Waals surface area contributed by atoms with Crippen LogP contribution in [0.25, 0.3) is 0 Å². The van der Waals surface area contributed by atoms with Crippen LogP contribution in [0.5, 0.6) is 0 Å². The maximum Gasteiger partial charge on any atom is 0.310 e. The Morgan fingerprint density at radius 1 is 1.39 bits per heavy atom. The second-order valence-corrected chi connectivity index (χ2v) is 4.45. The lowest BCUT2D eigenvalue weighted by Gasteiger charge is -2.19. The number of para-hydroxylation sites is 2. The summed E-state index contributed by atoms with van der Waals surface area (Å²) in [6.45, 7) is 4.68. The zero-order valence-electron chi connectivity index (χ0n) is 11.6. The van der Waals surface area contributed by atoms with E-state index in [0.717, 1.165) is 11.4 Å². The molecule has 100 valence electrons. The van der Waals surface area contributed by atoms with E-state index in [-0.39, 0.29) is 11.9 Å². The Labute approximate surface area is 109 Å². The smallest absolute Gasteiger partial charge is 0.310 e. The lowest BCUT2D eigenvalue weighted by Crippen LogP contribution is -2.23. The van der Waals surface area contributed by atoms with Crippen LogP contribution in [0.15, 0.2) is 24.3 Å². The van der Waals surface area contributed by atoms with Crippen LogP contribution in [0, 0.1) is 5.92 Å². The number of hydrogen-bond acceptors (Lipinski definition) is 4. The van der Waals surface area contributed by atoms with E-state index in [1.54, 1.807) is 0 Å². The molecule has 1 aromatic rings. The number of rotatable bonds is 6. The Bertz CT molecular complexity index is 391. The van der Waals surface area contributed by atoms with Crippen LogP contribution in [0.2, 0.25) is 0 Å². The molecule has 0 aliphatic heterocycles. The minimum atomic E-state index is -0.160. The maximum absolute atomic E-state index is 11.5. The van der Waals surface area contributed by atoms with Gasteiger partial charge in [0.15, 0.2) is 0 Å². The molecule has 0 heterocycles. The molecule has 0 radical (unpaired) electrons. The minimum absolute atomic E-state index is 0.153. The van der Waals surface area contributed by atoms with Crippen LogP contribution < -0.4 is 10.2 Å². The number of carbonyl (C=O) groups is 1. The summed E-state index contributed by atoms with van der Waals surface area (Å²) < 4.78 is 4.98. The summed E-state index contributed by atoms with van der Waals surface area (Å²) >= 11 is 0. The van der Waals surface area contributed by atoms with E-state index in [2.05, 4.69) is 5.32 Å². The average molecular weight is 250 g/mol. The molecule has 1 unspecified atom stereocenters. The fraction of sp³-hybridized carbons (Fsp3) is 0.500. The van der Waals surface area contributed by atoms with Crippen LogP contribution in [0.1, 0.15) is 13.8 Å².